The number of rotatable bonds is 10. The minimum absolute atomic E-state index is 0.0585. The summed E-state index contributed by atoms with van der Waals surface area (Å²) in [4.78, 5) is 5.03. The van der Waals surface area contributed by atoms with Crippen molar-refractivity contribution < 1.29 is 8.83 Å². The zero-order valence-corrected chi connectivity index (χ0v) is 44.9. The van der Waals surface area contributed by atoms with E-state index in [1.165, 1.54) is 91.4 Å². The monoisotopic (exact) mass is 969 g/mol. The van der Waals surface area contributed by atoms with Crippen LogP contribution in [0, 0.1) is 34.6 Å². The quantitative estimate of drug-likeness (QED) is 0.137. The molecule has 4 aliphatic carbocycles. The van der Waals surface area contributed by atoms with Gasteiger partial charge in [-0.3, -0.25) is 0 Å². The number of para-hydroxylation sites is 3. The van der Waals surface area contributed by atoms with Crippen molar-refractivity contribution in [2.24, 2.45) is 0 Å². The number of benzene rings is 6. The molecule has 12 rings (SSSR count). The molecule has 370 valence electrons. The average Bonchev–Trinajstić information content (AvgIpc) is 3.72. The van der Waals surface area contributed by atoms with Crippen LogP contribution in [-0.4, -0.2) is 0 Å². The molecule has 2 bridgehead atoms. The first kappa shape index (κ1) is 47.4. The maximum atomic E-state index is 7.36. The summed E-state index contributed by atoms with van der Waals surface area (Å²) in [5.41, 5.74) is 24.4. The maximum Gasteiger partial charge on any atom is 0.159 e. The summed E-state index contributed by atoms with van der Waals surface area (Å²) in [6.45, 7) is 22.6. The van der Waals surface area contributed by atoms with Gasteiger partial charge in [0.15, 0.2) is 5.58 Å². The zero-order chi connectivity index (χ0) is 51.2. The Balaban J connectivity index is 1.10. The number of fused-ring (bicyclic) bond motifs is 10. The molecule has 8 aromatic rings. The van der Waals surface area contributed by atoms with Gasteiger partial charge in [0.2, 0.25) is 0 Å². The molecule has 0 amide bonds. The fraction of sp³-hybridized carbons (Fsp3) is 0.257. The van der Waals surface area contributed by atoms with Crippen molar-refractivity contribution in [2.75, 3.05) is 9.80 Å². The van der Waals surface area contributed by atoms with Gasteiger partial charge in [-0.15, -0.1) is 0 Å². The Hall–Kier alpha value is -7.56. The van der Waals surface area contributed by atoms with E-state index >= 15 is 0 Å². The highest BCUT2D eigenvalue weighted by molar-refractivity contribution is 6.11. The Morgan fingerprint density at radius 1 is 0.676 bits per heavy atom. The Morgan fingerprint density at radius 2 is 1.36 bits per heavy atom. The summed E-state index contributed by atoms with van der Waals surface area (Å²) in [6, 6.07) is 38.5. The van der Waals surface area contributed by atoms with Gasteiger partial charge in [-0.05, 0) is 165 Å². The largest absolute Gasteiger partial charge is 0.458 e. The van der Waals surface area contributed by atoms with Crippen molar-refractivity contribution in [3.63, 3.8) is 0 Å². The van der Waals surface area contributed by atoms with Crippen LogP contribution in [0.25, 0.3) is 50.6 Å². The van der Waals surface area contributed by atoms with E-state index in [4.69, 9.17) is 8.83 Å². The number of allylic oxidation sites excluding steroid dienone is 9. The van der Waals surface area contributed by atoms with E-state index in [9.17, 15) is 0 Å². The van der Waals surface area contributed by atoms with Gasteiger partial charge >= 0.3 is 0 Å². The molecule has 0 spiro atoms. The first-order chi connectivity index (χ1) is 35.7. The summed E-state index contributed by atoms with van der Waals surface area (Å²) in [5, 5.41) is 3.45. The lowest BCUT2D eigenvalue weighted by Gasteiger charge is -2.38. The maximum absolute atomic E-state index is 7.36. The number of anilines is 4. The highest BCUT2D eigenvalue weighted by atomic mass is 16.3. The van der Waals surface area contributed by atoms with Gasteiger partial charge in [-0.2, -0.15) is 0 Å². The van der Waals surface area contributed by atoms with E-state index in [0.29, 0.717) is 0 Å². The van der Waals surface area contributed by atoms with Crippen LogP contribution >= 0.6 is 0 Å². The summed E-state index contributed by atoms with van der Waals surface area (Å²) in [6.07, 6.45) is 28.4. The lowest BCUT2D eigenvalue weighted by molar-refractivity contribution is 0.271. The molecule has 6 aromatic carbocycles. The standard InChI is InChI=1S/C70H68N2O2/c1-11-19-51-57-42-48(30-33-60(51)71(49-38-43(3)36-44(4)39-49)63-27-17-23-55-52-21-15-24-58(69(8,9)12-2)65(52)73-68(55)63)29-31-56-61(32-28-47(7)64(56)57)72(50-40-45(5)37-46(6)41-50)62-26-14-13-20-54-53-22-16-25-59(66(53)74-67(54)62)70(10)34-18-35-70/h11,13-17,19-33,36-41,62H,12,18,34-35,42H2,1-10H3/b19-11-. The minimum atomic E-state index is -0.243. The molecule has 4 aliphatic rings. The van der Waals surface area contributed by atoms with Crippen LogP contribution in [-0.2, 0) is 10.8 Å². The van der Waals surface area contributed by atoms with E-state index < -0.39 is 0 Å². The molecule has 1 saturated carbocycles. The molecule has 74 heavy (non-hydrogen) atoms. The molecule has 0 saturated heterocycles. The van der Waals surface area contributed by atoms with Gasteiger partial charge in [-0.25, -0.2) is 0 Å². The van der Waals surface area contributed by atoms with Gasteiger partial charge in [0.05, 0.1) is 17.1 Å². The number of furan rings is 2. The molecular formula is C70H68N2O2. The van der Waals surface area contributed by atoms with E-state index in [1.54, 1.807) is 0 Å². The van der Waals surface area contributed by atoms with Crippen molar-refractivity contribution >= 4 is 73.4 Å². The van der Waals surface area contributed by atoms with Crippen molar-refractivity contribution in [2.45, 2.75) is 118 Å². The molecule has 2 aromatic heterocycles. The first-order valence-electron chi connectivity index (χ1n) is 27.0. The van der Waals surface area contributed by atoms with Crippen LogP contribution in [0.1, 0.15) is 134 Å². The molecule has 1 unspecified atom stereocenters. The molecule has 2 heterocycles. The third-order valence-corrected chi connectivity index (χ3v) is 16.9. The molecule has 4 nitrogen and oxygen atoms in total. The molecule has 1 atom stereocenters. The second-order valence-electron chi connectivity index (χ2n) is 22.6. The van der Waals surface area contributed by atoms with E-state index in [2.05, 4.69) is 243 Å². The van der Waals surface area contributed by atoms with Gasteiger partial charge in [0.1, 0.15) is 23.0 Å². The Morgan fingerprint density at radius 3 is 2.07 bits per heavy atom. The smallest absolute Gasteiger partial charge is 0.159 e. The molecular weight excluding hydrogens is 901 g/mol. The predicted octanol–water partition coefficient (Wildman–Crippen LogP) is 19.9. The highest BCUT2D eigenvalue weighted by Gasteiger charge is 2.38. The Kier molecular flexibility index (Phi) is 11.6. The normalized spacial score (nSPS) is 17.0. The van der Waals surface area contributed by atoms with E-state index in [0.717, 1.165) is 80.1 Å². The first-order valence-corrected chi connectivity index (χ1v) is 27.0. The molecule has 1 fully saturated rings. The molecule has 4 heteroatoms. The zero-order valence-electron chi connectivity index (χ0n) is 44.9. The lowest BCUT2D eigenvalue weighted by atomic mass is 9.66. The van der Waals surface area contributed by atoms with Crippen LogP contribution in [0.15, 0.2) is 177 Å². The average molecular weight is 969 g/mol. The number of hydrogen-bond donors (Lipinski definition) is 0. The van der Waals surface area contributed by atoms with Gasteiger partial charge < -0.3 is 18.6 Å². The second kappa shape index (κ2) is 18.1. The Bertz CT molecular complexity index is 3800. The number of nitrogens with zero attached hydrogens (tertiary/aromatic N) is 2. The second-order valence-corrected chi connectivity index (χ2v) is 22.6. The highest BCUT2D eigenvalue weighted by Crippen LogP contribution is 2.53. The van der Waals surface area contributed by atoms with Crippen molar-refractivity contribution in [1.29, 1.82) is 0 Å². The summed E-state index contributed by atoms with van der Waals surface area (Å²) < 4.78 is 14.6. The van der Waals surface area contributed by atoms with Gasteiger partial charge in [-0.1, -0.05) is 156 Å². The minimum Gasteiger partial charge on any atom is -0.458 e. The Labute approximate surface area is 438 Å². The topological polar surface area (TPSA) is 32.8 Å². The third-order valence-electron chi connectivity index (χ3n) is 16.9. The van der Waals surface area contributed by atoms with Crippen LogP contribution in [0.3, 0.4) is 0 Å². The predicted molar refractivity (Wildman–Crippen MR) is 314 cm³/mol. The lowest BCUT2D eigenvalue weighted by Crippen LogP contribution is -2.30. The van der Waals surface area contributed by atoms with Gasteiger partial charge in [0.25, 0.3) is 0 Å². The van der Waals surface area contributed by atoms with Crippen LogP contribution in [0.5, 0.6) is 0 Å². The third kappa shape index (κ3) is 7.79. The van der Waals surface area contributed by atoms with Gasteiger partial charge in [0, 0.05) is 55.4 Å². The SMILES string of the molecule is C/C=C\C1=C2CC(=CC=C1N(c1cc(C)cc(C)c1)c1cccc3c1oc1c(C(C)(C)CC)cccc13)C=Cc1c(N(c3cc(C)cc(C)c3)C3C=CC=Cc4c3oc3c(C5(C)CCC5)cccc43)ccc(C)c12. The molecule has 0 radical (unpaired) electrons. The fourth-order valence-corrected chi connectivity index (χ4v) is 12.7. The van der Waals surface area contributed by atoms with Crippen molar-refractivity contribution in [1.82, 2.24) is 0 Å². The number of aryl methyl sites for hydroxylation is 5. The summed E-state index contributed by atoms with van der Waals surface area (Å²) in [5.74, 6) is 0.970. The van der Waals surface area contributed by atoms with Crippen molar-refractivity contribution in [3.05, 3.63) is 230 Å². The summed E-state index contributed by atoms with van der Waals surface area (Å²) in [7, 11) is 0. The molecule has 0 N–H and O–H groups in total. The van der Waals surface area contributed by atoms with E-state index in [1.807, 2.05) is 0 Å². The molecule has 0 aliphatic heterocycles. The van der Waals surface area contributed by atoms with Crippen molar-refractivity contribution in [3.8, 4) is 0 Å². The van der Waals surface area contributed by atoms with Crippen LogP contribution in [0.4, 0.5) is 22.7 Å². The summed E-state index contributed by atoms with van der Waals surface area (Å²) >= 11 is 0. The fourth-order valence-electron chi connectivity index (χ4n) is 12.7. The van der Waals surface area contributed by atoms with Crippen LogP contribution in [0.2, 0.25) is 0 Å². The van der Waals surface area contributed by atoms with E-state index in [-0.39, 0.29) is 16.9 Å². The number of hydrogen-bond acceptors (Lipinski definition) is 4. The van der Waals surface area contributed by atoms with Crippen LogP contribution < -0.4 is 9.80 Å².